The van der Waals surface area contributed by atoms with E-state index in [1.165, 1.54) is 0 Å². The average Bonchev–Trinajstić information content (AvgIpc) is 2.42. The van der Waals surface area contributed by atoms with Gasteiger partial charge in [0, 0.05) is 32.8 Å². The highest BCUT2D eigenvalue weighted by Gasteiger charge is 2.23. The zero-order valence-corrected chi connectivity index (χ0v) is 12.6. The number of methoxy groups -OCH3 is 1. The Morgan fingerprint density at radius 2 is 1.95 bits per heavy atom. The Kier molecular flexibility index (Phi) is 7.34. The molecular weight excluding hydrogens is 244 g/mol. The summed E-state index contributed by atoms with van der Waals surface area (Å²) in [6.45, 7) is 10.4. The smallest absolute Gasteiger partial charge is 0.248 e. The van der Waals surface area contributed by atoms with Gasteiger partial charge in [-0.05, 0) is 19.3 Å². The zero-order chi connectivity index (χ0) is 14.3. The van der Waals surface area contributed by atoms with E-state index < -0.39 is 0 Å². The van der Waals surface area contributed by atoms with Gasteiger partial charge in [-0.3, -0.25) is 9.69 Å². The molecule has 1 fully saturated rings. The minimum absolute atomic E-state index is 0.0375. The van der Waals surface area contributed by atoms with Crippen molar-refractivity contribution in [1.82, 2.24) is 10.2 Å². The normalized spacial score (nSPS) is 20.3. The SMILES string of the molecule is COC(C)C(=O)NCC(CC(C)C)N1CCOCC1. The van der Waals surface area contributed by atoms with Gasteiger partial charge in [-0.1, -0.05) is 13.8 Å². The second-order valence-electron chi connectivity index (χ2n) is 5.55. The molecule has 1 heterocycles. The Hall–Kier alpha value is -0.650. The number of amides is 1. The van der Waals surface area contributed by atoms with E-state index in [1.54, 1.807) is 14.0 Å². The first kappa shape index (κ1) is 16.4. The second-order valence-corrected chi connectivity index (χ2v) is 5.55. The fourth-order valence-corrected chi connectivity index (χ4v) is 2.32. The molecule has 0 aromatic heterocycles. The van der Waals surface area contributed by atoms with E-state index in [4.69, 9.17) is 9.47 Å². The molecule has 0 bridgehead atoms. The van der Waals surface area contributed by atoms with E-state index in [0.29, 0.717) is 18.5 Å². The summed E-state index contributed by atoms with van der Waals surface area (Å²) in [5, 5.41) is 2.99. The Morgan fingerprint density at radius 3 is 2.47 bits per heavy atom. The topological polar surface area (TPSA) is 50.8 Å². The first-order valence-corrected chi connectivity index (χ1v) is 7.17. The highest BCUT2D eigenvalue weighted by atomic mass is 16.5. The van der Waals surface area contributed by atoms with Gasteiger partial charge in [-0.25, -0.2) is 0 Å². The largest absolute Gasteiger partial charge is 0.379 e. The third-order valence-corrected chi connectivity index (χ3v) is 3.54. The molecule has 0 aromatic carbocycles. The Balaban J connectivity index is 2.46. The van der Waals surface area contributed by atoms with Crippen molar-refractivity contribution in [3.05, 3.63) is 0 Å². The minimum atomic E-state index is -0.385. The molecule has 5 heteroatoms. The first-order chi connectivity index (χ1) is 9.04. The number of nitrogens with one attached hydrogen (secondary N) is 1. The summed E-state index contributed by atoms with van der Waals surface area (Å²) < 4.78 is 10.4. The minimum Gasteiger partial charge on any atom is -0.379 e. The lowest BCUT2D eigenvalue weighted by Crippen LogP contribution is -2.50. The summed E-state index contributed by atoms with van der Waals surface area (Å²) >= 11 is 0. The molecule has 5 nitrogen and oxygen atoms in total. The van der Waals surface area contributed by atoms with Crippen LogP contribution in [0.3, 0.4) is 0 Å². The van der Waals surface area contributed by atoms with Crippen LogP contribution in [0, 0.1) is 5.92 Å². The summed E-state index contributed by atoms with van der Waals surface area (Å²) in [6.07, 6.45) is 0.700. The highest BCUT2D eigenvalue weighted by Crippen LogP contribution is 2.13. The summed E-state index contributed by atoms with van der Waals surface area (Å²) in [7, 11) is 1.55. The third-order valence-electron chi connectivity index (χ3n) is 3.54. The van der Waals surface area contributed by atoms with Gasteiger partial charge in [-0.15, -0.1) is 0 Å². The summed E-state index contributed by atoms with van der Waals surface area (Å²) in [5.41, 5.74) is 0. The van der Waals surface area contributed by atoms with Gasteiger partial charge < -0.3 is 14.8 Å². The molecule has 0 spiro atoms. The van der Waals surface area contributed by atoms with Crippen LogP contribution in [0.25, 0.3) is 0 Å². The van der Waals surface area contributed by atoms with Crippen LogP contribution < -0.4 is 5.32 Å². The fraction of sp³-hybridized carbons (Fsp3) is 0.929. The van der Waals surface area contributed by atoms with Crippen molar-refractivity contribution in [2.75, 3.05) is 40.0 Å². The predicted octanol–water partition coefficient (Wildman–Crippen LogP) is 0.884. The average molecular weight is 272 g/mol. The van der Waals surface area contributed by atoms with E-state index in [9.17, 15) is 4.79 Å². The van der Waals surface area contributed by atoms with Crippen molar-refractivity contribution in [2.45, 2.75) is 39.3 Å². The monoisotopic (exact) mass is 272 g/mol. The van der Waals surface area contributed by atoms with Crippen LogP contribution in [0.15, 0.2) is 0 Å². The quantitative estimate of drug-likeness (QED) is 0.747. The number of hydrogen-bond donors (Lipinski definition) is 1. The van der Waals surface area contributed by atoms with Crippen LogP contribution in [0.2, 0.25) is 0 Å². The maximum absolute atomic E-state index is 11.8. The first-order valence-electron chi connectivity index (χ1n) is 7.17. The Morgan fingerprint density at radius 1 is 1.32 bits per heavy atom. The van der Waals surface area contributed by atoms with E-state index in [-0.39, 0.29) is 12.0 Å². The van der Waals surface area contributed by atoms with Crippen molar-refractivity contribution >= 4 is 5.91 Å². The van der Waals surface area contributed by atoms with Crippen molar-refractivity contribution < 1.29 is 14.3 Å². The Labute approximate surface area is 116 Å². The maximum atomic E-state index is 11.8. The van der Waals surface area contributed by atoms with Crippen molar-refractivity contribution in [1.29, 1.82) is 0 Å². The molecule has 112 valence electrons. The van der Waals surface area contributed by atoms with Gasteiger partial charge in [0.1, 0.15) is 6.10 Å². The van der Waals surface area contributed by atoms with Gasteiger partial charge >= 0.3 is 0 Å². The molecule has 2 atom stereocenters. The number of hydrogen-bond acceptors (Lipinski definition) is 4. The molecule has 2 unspecified atom stereocenters. The number of rotatable bonds is 7. The van der Waals surface area contributed by atoms with Crippen LogP contribution in [-0.2, 0) is 14.3 Å². The molecule has 0 aromatic rings. The fourth-order valence-electron chi connectivity index (χ4n) is 2.32. The van der Waals surface area contributed by atoms with Gasteiger partial charge in [0.15, 0.2) is 0 Å². The molecule has 19 heavy (non-hydrogen) atoms. The number of morpholine rings is 1. The Bertz CT molecular complexity index is 265. The van der Waals surface area contributed by atoms with Crippen LogP contribution in [0.1, 0.15) is 27.2 Å². The standard InChI is InChI=1S/C14H28N2O3/c1-11(2)9-13(16-5-7-19-8-6-16)10-15-14(17)12(3)18-4/h11-13H,5-10H2,1-4H3,(H,15,17). The molecule has 1 aliphatic heterocycles. The van der Waals surface area contributed by atoms with Crippen molar-refractivity contribution in [3.63, 3.8) is 0 Å². The predicted molar refractivity (Wildman–Crippen MR) is 75.1 cm³/mol. The number of carbonyl (C=O) groups is 1. The maximum Gasteiger partial charge on any atom is 0.248 e. The van der Waals surface area contributed by atoms with E-state index in [1.807, 2.05) is 0 Å². The lowest BCUT2D eigenvalue weighted by atomic mass is 10.0. The van der Waals surface area contributed by atoms with Crippen LogP contribution in [-0.4, -0.2) is 62.9 Å². The highest BCUT2D eigenvalue weighted by molar-refractivity contribution is 5.80. The van der Waals surface area contributed by atoms with E-state index in [2.05, 4.69) is 24.1 Å². The molecule has 1 saturated heterocycles. The second kappa shape index (κ2) is 8.51. The molecule has 1 amide bonds. The lowest BCUT2D eigenvalue weighted by Gasteiger charge is -2.35. The van der Waals surface area contributed by atoms with Crippen LogP contribution in [0.4, 0.5) is 0 Å². The number of ether oxygens (including phenoxy) is 2. The molecular formula is C14H28N2O3. The van der Waals surface area contributed by atoms with Gasteiger partial charge in [0.2, 0.25) is 5.91 Å². The number of nitrogens with zero attached hydrogens (tertiary/aromatic N) is 1. The summed E-state index contributed by atoms with van der Waals surface area (Å²) in [5.74, 6) is 0.578. The van der Waals surface area contributed by atoms with Gasteiger partial charge in [0.05, 0.1) is 13.2 Å². The van der Waals surface area contributed by atoms with Crippen LogP contribution >= 0.6 is 0 Å². The molecule has 0 saturated carbocycles. The zero-order valence-electron chi connectivity index (χ0n) is 12.6. The molecule has 1 aliphatic rings. The third kappa shape index (κ3) is 5.89. The van der Waals surface area contributed by atoms with Crippen molar-refractivity contribution in [2.24, 2.45) is 5.92 Å². The van der Waals surface area contributed by atoms with Gasteiger partial charge in [-0.2, -0.15) is 0 Å². The lowest BCUT2D eigenvalue weighted by molar-refractivity contribution is -0.130. The number of carbonyl (C=O) groups excluding carboxylic acids is 1. The molecule has 0 aliphatic carbocycles. The van der Waals surface area contributed by atoms with Crippen molar-refractivity contribution in [3.8, 4) is 0 Å². The summed E-state index contributed by atoms with van der Waals surface area (Å²) in [6, 6.07) is 0.386. The molecule has 0 radical (unpaired) electrons. The summed E-state index contributed by atoms with van der Waals surface area (Å²) in [4.78, 5) is 14.2. The van der Waals surface area contributed by atoms with E-state index >= 15 is 0 Å². The van der Waals surface area contributed by atoms with Crippen LogP contribution in [0.5, 0.6) is 0 Å². The van der Waals surface area contributed by atoms with Gasteiger partial charge in [0.25, 0.3) is 0 Å². The molecule has 1 rings (SSSR count). The van der Waals surface area contributed by atoms with E-state index in [0.717, 1.165) is 32.7 Å². The molecule has 1 N–H and O–H groups in total.